The van der Waals surface area contributed by atoms with E-state index in [4.69, 9.17) is 9.47 Å². The van der Waals surface area contributed by atoms with Crippen LogP contribution >= 0.6 is 11.8 Å². The molecule has 2 amide bonds. The number of nitrogens with zero attached hydrogens (tertiary/aromatic N) is 1. The molecule has 5 rings (SSSR count). The summed E-state index contributed by atoms with van der Waals surface area (Å²) in [5.74, 6) is -0.458. The van der Waals surface area contributed by atoms with Gasteiger partial charge in [-0.05, 0) is 39.9 Å². The van der Waals surface area contributed by atoms with Gasteiger partial charge in [-0.1, -0.05) is 73.3 Å². The van der Waals surface area contributed by atoms with Crippen LogP contribution in [0.3, 0.4) is 0 Å². The van der Waals surface area contributed by atoms with Crippen molar-refractivity contribution in [2.75, 3.05) is 24.8 Å². The van der Waals surface area contributed by atoms with Gasteiger partial charge in [-0.25, -0.2) is 9.59 Å². The van der Waals surface area contributed by atoms with Crippen LogP contribution in [0.4, 0.5) is 4.79 Å². The molecule has 0 saturated carbocycles. The maximum atomic E-state index is 13.5. The van der Waals surface area contributed by atoms with Crippen LogP contribution in [-0.4, -0.2) is 64.9 Å². The zero-order chi connectivity index (χ0) is 28.1. The Kier molecular flexibility index (Phi) is 8.40. The molecule has 0 unspecified atom stereocenters. The summed E-state index contributed by atoms with van der Waals surface area (Å²) in [6, 6.07) is 21.3. The molecule has 2 N–H and O–H groups in total. The van der Waals surface area contributed by atoms with Crippen LogP contribution in [0.15, 0.2) is 85.5 Å². The molecule has 8 nitrogen and oxygen atoms in total. The van der Waals surface area contributed by atoms with Gasteiger partial charge in [0, 0.05) is 18.1 Å². The molecule has 1 saturated heterocycles. The van der Waals surface area contributed by atoms with Crippen LogP contribution < -0.4 is 10.1 Å². The molecule has 0 aromatic heterocycles. The zero-order valence-corrected chi connectivity index (χ0v) is 22.6. The summed E-state index contributed by atoms with van der Waals surface area (Å²) in [6.07, 6.45) is 1.08. The Bertz CT molecular complexity index is 1360. The summed E-state index contributed by atoms with van der Waals surface area (Å²) < 4.78 is 11.2. The molecule has 1 fully saturated rings. The van der Waals surface area contributed by atoms with Crippen molar-refractivity contribution < 1.29 is 29.0 Å². The average molecular weight is 559 g/mol. The normalized spacial score (nSPS) is 16.5. The lowest BCUT2D eigenvalue weighted by Gasteiger charge is -2.27. The van der Waals surface area contributed by atoms with Crippen molar-refractivity contribution in [2.45, 2.75) is 24.4 Å². The lowest BCUT2D eigenvalue weighted by atomic mass is 9.98. The molecule has 9 heteroatoms. The number of hydrogen-bond acceptors (Lipinski definition) is 6. The van der Waals surface area contributed by atoms with Gasteiger partial charge in [0.25, 0.3) is 0 Å². The van der Waals surface area contributed by atoms with E-state index in [2.05, 4.69) is 24.0 Å². The minimum absolute atomic E-state index is 0.105. The Hall–Kier alpha value is -4.24. The first kappa shape index (κ1) is 27.3. The molecule has 2 aliphatic rings. The number of carboxylic acid groups (broad SMARTS) is 1. The van der Waals surface area contributed by atoms with Crippen molar-refractivity contribution >= 4 is 29.7 Å². The van der Waals surface area contributed by atoms with Crippen molar-refractivity contribution in [1.82, 2.24) is 10.2 Å². The van der Waals surface area contributed by atoms with Gasteiger partial charge in [0.05, 0.1) is 5.88 Å². The Morgan fingerprint density at radius 3 is 2.30 bits per heavy atom. The Morgan fingerprint density at radius 2 is 1.68 bits per heavy atom. The van der Waals surface area contributed by atoms with Gasteiger partial charge >= 0.3 is 12.1 Å². The number of rotatable bonds is 10. The van der Waals surface area contributed by atoms with E-state index in [0.29, 0.717) is 18.1 Å². The predicted molar refractivity (Wildman–Crippen MR) is 153 cm³/mol. The molecule has 0 spiro atoms. The number of fused-ring (bicyclic) bond motifs is 3. The standard InChI is InChI=1S/C31H30N2O6S/c1-2-15-38-21-13-11-20(12-14-21)16-27(29(34)33-19-40-18-28(33)30(35)36)32-31(37)39-17-26-24-9-5-3-7-22(24)23-8-4-6-10-25(23)26/h2-14,26-28H,1,15-19H2,(H,32,37)(H,35,36)/t27-,28-/m0/s1. The number of benzene rings is 3. The van der Waals surface area contributed by atoms with Crippen molar-refractivity contribution in [3.63, 3.8) is 0 Å². The number of aliphatic carboxylic acids is 1. The van der Waals surface area contributed by atoms with E-state index in [1.165, 1.54) is 16.7 Å². The number of alkyl carbamates (subject to hydrolysis) is 1. The molecule has 0 radical (unpaired) electrons. The summed E-state index contributed by atoms with van der Waals surface area (Å²) in [5.41, 5.74) is 5.18. The van der Waals surface area contributed by atoms with E-state index in [1.807, 2.05) is 48.5 Å². The SMILES string of the molecule is C=CCOc1ccc(C[C@H](NC(=O)OCC2c3ccccc3-c3ccccc32)C(=O)N2CSC[C@H]2C(=O)O)cc1. The highest BCUT2D eigenvalue weighted by atomic mass is 32.2. The fourth-order valence-corrected chi connectivity index (χ4v) is 6.31. The lowest BCUT2D eigenvalue weighted by molar-refractivity contribution is -0.148. The van der Waals surface area contributed by atoms with Gasteiger partial charge in [0.1, 0.15) is 31.0 Å². The predicted octanol–water partition coefficient (Wildman–Crippen LogP) is 4.69. The van der Waals surface area contributed by atoms with Crippen molar-refractivity contribution in [2.24, 2.45) is 0 Å². The third kappa shape index (κ3) is 5.84. The van der Waals surface area contributed by atoms with E-state index in [1.54, 1.807) is 18.2 Å². The molecule has 2 atom stereocenters. The number of amides is 2. The Balaban J connectivity index is 1.31. The first-order valence-corrected chi connectivity index (χ1v) is 14.2. The van der Waals surface area contributed by atoms with Gasteiger partial charge < -0.3 is 24.8 Å². The maximum absolute atomic E-state index is 13.5. The molecule has 3 aromatic carbocycles. The van der Waals surface area contributed by atoms with Crippen LogP contribution in [0.2, 0.25) is 0 Å². The van der Waals surface area contributed by atoms with E-state index in [9.17, 15) is 19.5 Å². The third-order valence-electron chi connectivity index (χ3n) is 7.12. The topological polar surface area (TPSA) is 105 Å². The van der Waals surface area contributed by atoms with Gasteiger partial charge in [-0.2, -0.15) is 0 Å². The summed E-state index contributed by atoms with van der Waals surface area (Å²) in [7, 11) is 0. The molecule has 1 aliphatic heterocycles. The quantitative estimate of drug-likeness (QED) is 0.348. The first-order valence-electron chi connectivity index (χ1n) is 13.0. The second-order valence-corrected chi connectivity index (χ2v) is 10.6. The fourth-order valence-electron chi connectivity index (χ4n) is 5.16. The molecule has 40 heavy (non-hydrogen) atoms. The largest absolute Gasteiger partial charge is 0.490 e. The van der Waals surface area contributed by atoms with E-state index < -0.39 is 30.1 Å². The second kappa shape index (κ2) is 12.3. The zero-order valence-electron chi connectivity index (χ0n) is 21.8. The summed E-state index contributed by atoms with van der Waals surface area (Å²) in [4.78, 5) is 39.7. The van der Waals surface area contributed by atoms with Gasteiger partial charge in [-0.3, -0.25) is 4.79 Å². The number of carbonyl (C=O) groups excluding carboxylic acids is 2. The summed E-state index contributed by atoms with van der Waals surface area (Å²) in [6.45, 7) is 4.11. The fraction of sp³-hybridized carbons (Fsp3) is 0.258. The van der Waals surface area contributed by atoms with Crippen molar-refractivity contribution in [1.29, 1.82) is 0 Å². The number of thioether (sulfide) groups is 1. The van der Waals surface area contributed by atoms with Crippen LogP contribution in [-0.2, 0) is 20.7 Å². The molecular formula is C31H30N2O6S. The molecular weight excluding hydrogens is 528 g/mol. The van der Waals surface area contributed by atoms with Gasteiger partial charge in [-0.15, -0.1) is 11.8 Å². The monoisotopic (exact) mass is 558 g/mol. The van der Waals surface area contributed by atoms with Crippen LogP contribution in [0.5, 0.6) is 5.75 Å². The number of ether oxygens (including phenoxy) is 2. The first-order chi connectivity index (χ1) is 19.5. The highest BCUT2D eigenvalue weighted by Gasteiger charge is 2.38. The third-order valence-corrected chi connectivity index (χ3v) is 8.13. The molecule has 0 bridgehead atoms. The van der Waals surface area contributed by atoms with Crippen molar-refractivity contribution in [3.8, 4) is 16.9 Å². The highest BCUT2D eigenvalue weighted by molar-refractivity contribution is 7.99. The van der Waals surface area contributed by atoms with Crippen LogP contribution in [0, 0.1) is 0 Å². The minimum atomic E-state index is -1.07. The Morgan fingerprint density at radius 1 is 1.02 bits per heavy atom. The molecule has 1 heterocycles. The number of carboxylic acids is 1. The van der Waals surface area contributed by atoms with Crippen molar-refractivity contribution in [3.05, 3.63) is 102 Å². The van der Waals surface area contributed by atoms with Gasteiger partial charge in [0.15, 0.2) is 0 Å². The minimum Gasteiger partial charge on any atom is -0.490 e. The number of nitrogens with one attached hydrogen (secondary N) is 1. The maximum Gasteiger partial charge on any atom is 0.407 e. The number of hydrogen-bond donors (Lipinski definition) is 2. The van der Waals surface area contributed by atoms with Crippen LogP contribution in [0.1, 0.15) is 22.6 Å². The smallest absolute Gasteiger partial charge is 0.407 e. The highest BCUT2D eigenvalue weighted by Crippen LogP contribution is 2.44. The van der Waals surface area contributed by atoms with Gasteiger partial charge in [0.2, 0.25) is 5.91 Å². The second-order valence-electron chi connectivity index (χ2n) is 9.63. The summed E-state index contributed by atoms with van der Waals surface area (Å²) >= 11 is 1.37. The van der Waals surface area contributed by atoms with E-state index in [0.717, 1.165) is 27.8 Å². The van der Waals surface area contributed by atoms with Crippen LogP contribution in [0.25, 0.3) is 11.1 Å². The molecule has 3 aromatic rings. The lowest BCUT2D eigenvalue weighted by Crippen LogP contribution is -2.53. The van der Waals surface area contributed by atoms with E-state index in [-0.39, 0.29) is 24.8 Å². The molecule has 1 aliphatic carbocycles. The summed E-state index contributed by atoms with van der Waals surface area (Å²) in [5, 5.41) is 12.3. The molecule has 206 valence electrons. The van der Waals surface area contributed by atoms with E-state index >= 15 is 0 Å². The Labute approximate surface area is 237 Å². The number of carbonyl (C=O) groups is 3. The average Bonchev–Trinajstić information content (AvgIpc) is 3.59.